The molecule has 1 N–H and O–H groups in total. The lowest BCUT2D eigenvalue weighted by Gasteiger charge is -2.60. The van der Waals surface area contributed by atoms with Gasteiger partial charge in [0.1, 0.15) is 6.54 Å². The summed E-state index contributed by atoms with van der Waals surface area (Å²) in [5.74, 6) is 1.33. The third kappa shape index (κ3) is 2.15. The summed E-state index contributed by atoms with van der Waals surface area (Å²) in [7, 11) is 0. The van der Waals surface area contributed by atoms with Crippen LogP contribution in [0.15, 0.2) is 0 Å². The number of amides is 1. The van der Waals surface area contributed by atoms with Crippen molar-refractivity contribution in [2.45, 2.75) is 57.4 Å². The van der Waals surface area contributed by atoms with E-state index < -0.39 is 5.97 Å². The van der Waals surface area contributed by atoms with Crippen molar-refractivity contribution >= 4 is 11.9 Å². The van der Waals surface area contributed by atoms with Crippen LogP contribution in [0.4, 0.5) is 0 Å². The van der Waals surface area contributed by atoms with Gasteiger partial charge in [-0.15, -0.1) is 0 Å². The van der Waals surface area contributed by atoms with Gasteiger partial charge in [0.05, 0.1) is 0 Å². The maximum Gasteiger partial charge on any atom is 0.323 e. The molecular weight excluding hydrogens is 242 g/mol. The second-order valence-electron chi connectivity index (χ2n) is 6.87. The van der Waals surface area contributed by atoms with Crippen molar-refractivity contribution in [3.05, 3.63) is 0 Å². The first-order chi connectivity index (χ1) is 9.02. The Bertz CT molecular complexity index is 369. The number of hydrogen-bond acceptors (Lipinski definition) is 2. The highest BCUT2D eigenvalue weighted by atomic mass is 16.4. The van der Waals surface area contributed by atoms with E-state index in [9.17, 15) is 9.59 Å². The molecule has 0 radical (unpaired) electrons. The van der Waals surface area contributed by atoms with Crippen LogP contribution in [0.2, 0.25) is 0 Å². The molecule has 4 fully saturated rings. The quantitative estimate of drug-likeness (QED) is 0.848. The van der Waals surface area contributed by atoms with Crippen LogP contribution in [0.3, 0.4) is 0 Å². The van der Waals surface area contributed by atoms with Gasteiger partial charge in [-0.1, -0.05) is 6.92 Å². The van der Waals surface area contributed by atoms with E-state index in [1.165, 1.54) is 19.3 Å². The predicted octanol–water partition coefficient (Wildman–Crippen LogP) is 2.28. The molecule has 0 aromatic heterocycles. The molecule has 19 heavy (non-hydrogen) atoms. The van der Waals surface area contributed by atoms with E-state index in [1.807, 2.05) is 6.92 Å². The summed E-state index contributed by atoms with van der Waals surface area (Å²) in [6, 6.07) is 0. The van der Waals surface area contributed by atoms with Crippen molar-refractivity contribution in [3.63, 3.8) is 0 Å². The van der Waals surface area contributed by atoms with Crippen molar-refractivity contribution in [2.75, 3.05) is 6.54 Å². The number of hydrogen-bond donors (Lipinski definition) is 1. The zero-order valence-corrected chi connectivity index (χ0v) is 11.6. The molecule has 0 spiro atoms. The van der Waals surface area contributed by atoms with Crippen molar-refractivity contribution in [1.82, 2.24) is 4.90 Å². The van der Waals surface area contributed by atoms with E-state index in [-0.39, 0.29) is 18.0 Å². The fourth-order valence-corrected chi connectivity index (χ4v) is 5.24. The van der Waals surface area contributed by atoms with Gasteiger partial charge in [-0.3, -0.25) is 9.59 Å². The molecule has 0 aliphatic heterocycles. The molecule has 0 saturated heterocycles. The van der Waals surface area contributed by atoms with E-state index in [0.717, 1.165) is 37.0 Å². The van der Waals surface area contributed by atoms with Gasteiger partial charge in [0.15, 0.2) is 0 Å². The zero-order valence-electron chi connectivity index (χ0n) is 11.6. The molecule has 0 atom stereocenters. The van der Waals surface area contributed by atoms with Gasteiger partial charge in [-0.25, -0.2) is 0 Å². The minimum absolute atomic E-state index is 0.0179. The smallest absolute Gasteiger partial charge is 0.323 e. The van der Waals surface area contributed by atoms with Crippen LogP contribution >= 0.6 is 0 Å². The molecule has 4 saturated carbocycles. The molecule has 0 heterocycles. The number of rotatable bonds is 4. The summed E-state index contributed by atoms with van der Waals surface area (Å²) in [4.78, 5) is 25.1. The van der Waals surface area contributed by atoms with Crippen LogP contribution < -0.4 is 0 Å². The average Bonchev–Trinajstić information content (AvgIpc) is 2.33. The summed E-state index contributed by atoms with van der Waals surface area (Å²) in [5, 5.41) is 9.14. The van der Waals surface area contributed by atoms with Crippen LogP contribution in [0.1, 0.15) is 51.9 Å². The normalized spacial score (nSPS) is 39.3. The first-order valence-electron chi connectivity index (χ1n) is 7.54. The number of carboxylic acid groups (broad SMARTS) is 1. The molecule has 106 valence electrons. The lowest BCUT2D eigenvalue weighted by atomic mass is 9.52. The minimum atomic E-state index is -0.877. The third-order valence-electron chi connectivity index (χ3n) is 5.48. The number of aliphatic carboxylic acids is 1. The molecule has 4 aliphatic carbocycles. The van der Waals surface area contributed by atoms with Gasteiger partial charge in [0.25, 0.3) is 0 Å². The van der Waals surface area contributed by atoms with E-state index in [2.05, 4.69) is 0 Å². The van der Waals surface area contributed by atoms with E-state index in [0.29, 0.717) is 6.42 Å². The largest absolute Gasteiger partial charge is 0.480 e. The van der Waals surface area contributed by atoms with Gasteiger partial charge in [0, 0.05) is 12.0 Å². The first kappa shape index (κ1) is 12.9. The van der Waals surface area contributed by atoms with Gasteiger partial charge in [-0.05, 0) is 56.3 Å². The van der Waals surface area contributed by atoms with Gasteiger partial charge in [0.2, 0.25) is 5.91 Å². The Morgan fingerprint density at radius 1 is 1.11 bits per heavy atom. The summed E-state index contributed by atoms with van der Waals surface area (Å²) in [5.41, 5.74) is -0.125. The van der Waals surface area contributed by atoms with Crippen LogP contribution in [-0.4, -0.2) is 34.0 Å². The Hall–Kier alpha value is -1.06. The molecule has 4 nitrogen and oxygen atoms in total. The maximum absolute atomic E-state index is 12.2. The number of carbonyl (C=O) groups is 2. The van der Waals surface area contributed by atoms with Crippen LogP contribution in [0, 0.1) is 17.8 Å². The van der Waals surface area contributed by atoms with Crippen molar-refractivity contribution in [1.29, 1.82) is 0 Å². The monoisotopic (exact) mass is 265 g/mol. The zero-order chi connectivity index (χ0) is 13.6. The summed E-state index contributed by atoms with van der Waals surface area (Å²) < 4.78 is 0. The standard InChI is InChI=1S/C15H23NO3/c1-2-13(17)16(9-14(18)19)15-6-10-3-11(7-15)5-12(4-10)8-15/h10-12H,2-9H2,1H3,(H,18,19). The second-order valence-corrected chi connectivity index (χ2v) is 6.87. The highest BCUT2D eigenvalue weighted by Crippen LogP contribution is 2.57. The van der Waals surface area contributed by atoms with E-state index in [1.54, 1.807) is 4.90 Å². The van der Waals surface area contributed by atoms with Crippen LogP contribution in [0.25, 0.3) is 0 Å². The Kier molecular flexibility index (Phi) is 3.06. The Labute approximate surface area is 114 Å². The molecule has 4 aliphatic rings. The lowest BCUT2D eigenvalue weighted by Crippen LogP contribution is -2.62. The van der Waals surface area contributed by atoms with E-state index >= 15 is 0 Å². The fraction of sp³-hybridized carbons (Fsp3) is 0.867. The number of carboxylic acids is 1. The molecular formula is C15H23NO3. The average molecular weight is 265 g/mol. The summed E-state index contributed by atoms with van der Waals surface area (Å²) in [6.45, 7) is 1.72. The van der Waals surface area contributed by atoms with Gasteiger partial charge < -0.3 is 10.0 Å². The first-order valence-corrected chi connectivity index (χ1v) is 7.54. The summed E-state index contributed by atoms with van der Waals surface area (Å²) in [6.07, 6.45) is 7.45. The SMILES string of the molecule is CCC(=O)N(CC(=O)O)C12CC3CC(CC(C3)C1)C2. The third-order valence-corrected chi connectivity index (χ3v) is 5.48. The van der Waals surface area contributed by atoms with Gasteiger partial charge in [-0.2, -0.15) is 0 Å². The lowest BCUT2D eigenvalue weighted by molar-refractivity contribution is -0.160. The van der Waals surface area contributed by atoms with Crippen molar-refractivity contribution in [2.24, 2.45) is 17.8 Å². The molecule has 4 bridgehead atoms. The molecule has 0 unspecified atom stereocenters. The number of carbonyl (C=O) groups excluding carboxylic acids is 1. The second kappa shape index (κ2) is 4.50. The van der Waals surface area contributed by atoms with Crippen LogP contribution in [-0.2, 0) is 9.59 Å². The fourth-order valence-electron chi connectivity index (χ4n) is 5.24. The highest BCUT2D eigenvalue weighted by Gasteiger charge is 2.54. The Balaban J connectivity index is 1.88. The summed E-state index contributed by atoms with van der Waals surface area (Å²) >= 11 is 0. The molecule has 0 aromatic rings. The van der Waals surface area contributed by atoms with E-state index in [4.69, 9.17) is 5.11 Å². The van der Waals surface area contributed by atoms with Gasteiger partial charge >= 0.3 is 5.97 Å². The van der Waals surface area contributed by atoms with Crippen molar-refractivity contribution in [3.8, 4) is 0 Å². The maximum atomic E-state index is 12.2. The molecule has 0 aromatic carbocycles. The Morgan fingerprint density at radius 2 is 1.58 bits per heavy atom. The molecule has 4 rings (SSSR count). The highest BCUT2D eigenvalue weighted by molar-refractivity contribution is 5.82. The minimum Gasteiger partial charge on any atom is -0.480 e. The predicted molar refractivity (Wildman–Crippen MR) is 70.5 cm³/mol. The van der Waals surface area contributed by atoms with Crippen LogP contribution in [0.5, 0.6) is 0 Å². The Morgan fingerprint density at radius 3 is 1.95 bits per heavy atom. The van der Waals surface area contributed by atoms with Crippen molar-refractivity contribution < 1.29 is 14.7 Å². The molecule has 4 heteroatoms. The molecule has 1 amide bonds. The topological polar surface area (TPSA) is 57.6 Å². The number of nitrogens with zero attached hydrogens (tertiary/aromatic N) is 1.